The number of benzene rings is 1. The first kappa shape index (κ1) is 10.7. The van der Waals surface area contributed by atoms with Gasteiger partial charge in [0.2, 0.25) is 0 Å². The zero-order valence-electron chi connectivity index (χ0n) is 9.58. The van der Waals surface area contributed by atoms with Crippen LogP contribution in [0.3, 0.4) is 0 Å². The third kappa shape index (κ3) is 2.82. The van der Waals surface area contributed by atoms with Crippen molar-refractivity contribution in [2.75, 3.05) is 13.6 Å². The monoisotopic (exact) mass is 203 g/mol. The minimum atomic E-state index is 0.819. The molecule has 0 unspecified atom stereocenters. The zero-order chi connectivity index (χ0) is 10.5. The Bertz CT molecular complexity index is 273. The van der Waals surface area contributed by atoms with Gasteiger partial charge in [0, 0.05) is 0 Å². The third-order valence-corrected chi connectivity index (χ3v) is 3.61. The van der Waals surface area contributed by atoms with Crippen molar-refractivity contribution < 1.29 is 0 Å². The standard InChI is InChI=1S/C14H21N/c1-15-11-12-7-9-14(10-8-12)13-5-3-2-4-6-13/h2-6,12,14-15H,7-11H2,1H3. The Balaban J connectivity index is 1.88. The van der Waals surface area contributed by atoms with E-state index in [4.69, 9.17) is 0 Å². The SMILES string of the molecule is CNCC1CCC(c2ccccc2)CC1. The fraction of sp³-hybridized carbons (Fsp3) is 0.571. The Morgan fingerprint density at radius 3 is 2.33 bits per heavy atom. The maximum absolute atomic E-state index is 3.29. The molecule has 0 bridgehead atoms. The maximum atomic E-state index is 3.29. The Morgan fingerprint density at radius 1 is 1.07 bits per heavy atom. The highest BCUT2D eigenvalue weighted by atomic mass is 14.8. The molecule has 0 spiro atoms. The van der Waals surface area contributed by atoms with Crippen LogP contribution >= 0.6 is 0 Å². The average Bonchev–Trinajstić information content (AvgIpc) is 2.32. The van der Waals surface area contributed by atoms with Gasteiger partial charge in [-0.15, -0.1) is 0 Å². The summed E-state index contributed by atoms with van der Waals surface area (Å²) >= 11 is 0. The summed E-state index contributed by atoms with van der Waals surface area (Å²) in [6.45, 7) is 1.20. The summed E-state index contributed by atoms with van der Waals surface area (Å²) < 4.78 is 0. The smallest absolute Gasteiger partial charge is 0.00235 e. The van der Waals surface area contributed by atoms with Gasteiger partial charge in [0.15, 0.2) is 0 Å². The van der Waals surface area contributed by atoms with Crippen LogP contribution in [0.5, 0.6) is 0 Å². The van der Waals surface area contributed by atoms with Gasteiger partial charge in [0.05, 0.1) is 0 Å². The molecule has 0 aromatic heterocycles. The van der Waals surface area contributed by atoms with E-state index < -0.39 is 0 Å². The molecule has 82 valence electrons. The lowest BCUT2D eigenvalue weighted by Gasteiger charge is -2.28. The number of hydrogen-bond donors (Lipinski definition) is 1. The molecule has 1 nitrogen and oxygen atoms in total. The lowest BCUT2D eigenvalue weighted by Crippen LogP contribution is -2.23. The summed E-state index contributed by atoms with van der Waals surface area (Å²) in [6, 6.07) is 11.0. The molecule has 0 saturated heterocycles. The second-order valence-corrected chi connectivity index (χ2v) is 4.69. The molecule has 15 heavy (non-hydrogen) atoms. The van der Waals surface area contributed by atoms with Crippen LogP contribution in [-0.2, 0) is 0 Å². The summed E-state index contributed by atoms with van der Waals surface area (Å²) in [5.74, 6) is 1.73. The molecule has 1 saturated carbocycles. The van der Waals surface area contributed by atoms with Gasteiger partial charge in [-0.2, -0.15) is 0 Å². The first-order chi connectivity index (χ1) is 7.40. The molecule has 0 heterocycles. The van der Waals surface area contributed by atoms with Gasteiger partial charge in [-0.3, -0.25) is 0 Å². The van der Waals surface area contributed by atoms with Crippen molar-refractivity contribution in [3.05, 3.63) is 35.9 Å². The number of hydrogen-bond acceptors (Lipinski definition) is 1. The van der Waals surface area contributed by atoms with Crippen LogP contribution in [0.4, 0.5) is 0 Å². The van der Waals surface area contributed by atoms with E-state index in [2.05, 4.69) is 42.7 Å². The van der Waals surface area contributed by atoms with E-state index in [1.54, 1.807) is 5.56 Å². The Morgan fingerprint density at radius 2 is 1.73 bits per heavy atom. The van der Waals surface area contributed by atoms with Crippen molar-refractivity contribution in [3.63, 3.8) is 0 Å². The molecule has 0 atom stereocenters. The van der Waals surface area contributed by atoms with E-state index in [0.29, 0.717) is 0 Å². The molecule has 1 N–H and O–H groups in total. The Labute approximate surface area is 92.9 Å². The molecular weight excluding hydrogens is 182 g/mol. The lowest BCUT2D eigenvalue weighted by atomic mass is 9.79. The van der Waals surface area contributed by atoms with E-state index in [0.717, 1.165) is 11.8 Å². The minimum absolute atomic E-state index is 0.819. The largest absolute Gasteiger partial charge is 0.319 e. The zero-order valence-corrected chi connectivity index (χ0v) is 9.58. The van der Waals surface area contributed by atoms with Gasteiger partial charge in [-0.05, 0) is 56.7 Å². The highest BCUT2D eigenvalue weighted by Crippen LogP contribution is 2.35. The summed E-state index contributed by atoms with van der Waals surface area (Å²) in [5, 5.41) is 3.29. The molecule has 1 heteroatoms. The van der Waals surface area contributed by atoms with E-state index in [1.165, 1.54) is 32.2 Å². The molecular formula is C14H21N. The fourth-order valence-electron chi connectivity index (χ4n) is 2.71. The Hall–Kier alpha value is -0.820. The van der Waals surface area contributed by atoms with Crippen LogP contribution in [0.25, 0.3) is 0 Å². The van der Waals surface area contributed by atoms with Crippen molar-refractivity contribution in [1.29, 1.82) is 0 Å². The first-order valence-corrected chi connectivity index (χ1v) is 6.09. The van der Waals surface area contributed by atoms with Crippen LogP contribution in [-0.4, -0.2) is 13.6 Å². The van der Waals surface area contributed by atoms with Gasteiger partial charge in [-0.25, -0.2) is 0 Å². The van der Waals surface area contributed by atoms with Gasteiger partial charge in [-0.1, -0.05) is 30.3 Å². The quantitative estimate of drug-likeness (QED) is 0.795. The van der Waals surface area contributed by atoms with Gasteiger partial charge >= 0.3 is 0 Å². The molecule has 0 amide bonds. The molecule has 1 aliphatic rings. The molecule has 1 aromatic rings. The van der Waals surface area contributed by atoms with E-state index in [1.807, 2.05) is 0 Å². The highest BCUT2D eigenvalue weighted by Gasteiger charge is 2.21. The van der Waals surface area contributed by atoms with Crippen LogP contribution in [0.2, 0.25) is 0 Å². The molecule has 1 aliphatic carbocycles. The molecule has 0 radical (unpaired) electrons. The van der Waals surface area contributed by atoms with Crippen molar-refractivity contribution in [1.82, 2.24) is 5.32 Å². The second-order valence-electron chi connectivity index (χ2n) is 4.69. The van der Waals surface area contributed by atoms with Crippen LogP contribution in [0.15, 0.2) is 30.3 Å². The van der Waals surface area contributed by atoms with Crippen molar-refractivity contribution in [2.24, 2.45) is 5.92 Å². The van der Waals surface area contributed by atoms with Crippen LogP contribution in [0.1, 0.15) is 37.2 Å². The second kappa shape index (κ2) is 5.32. The maximum Gasteiger partial charge on any atom is -0.00235 e. The van der Waals surface area contributed by atoms with Crippen molar-refractivity contribution in [3.8, 4) is 0 Å². The highest BCUT2D eigenvalue weighted by molar-refractivity contribution is 5.19. The van der Waals surface area contributed by atoms with E-state index >= 15 is 0 Å². The normalized spacial score (nSPS) is 26.5. The van der Waals surface area contributed by atoms with Gasteiger partial charge in [0.25, 0.3) is 0 Å². The topological polar surface area (TPSA) is 12.0 Å². The summed E-state index contributed by atoms with van der Waals surface area (Å²) in [7, 11) is 2.06. The van der Waals surface area contributed by atoms with Crippen molar-refractivity contribution in [2.45, 2.75) is 31.6 Å². The fourth-order valence-corrected chi connectivity index (χ4v) is 2.71. The minimum Gasteiger partial charge on any atom is -0.319 e. The summed E-state index contributed by atoms with van der Waals surface area (Å²) in [4.78, 5) is 0. The predicted octanol–water partition coefficient (Wildman–Crippen LogP) is 3.18. The number of rotatable bonds is 3. The van der Waals surface area contributed by atoms with E-state index in [9.17, 15) is 0 Å². The van der Waals surface area contributed by atoms with Gasteiger partial charge in [0.1, 0.15) is 0 Å². The van der Waals surface area contributed by atoms with Gasteiger partial charge < -0.3 is 5.32 Å². The molecule has 0 aliphatic heterocycles. The lowest BCUT2D eigenvalue weighted by molar-refractivity contribution is 0.320. The first-order valence-electron chi connectivity index (χ1n) is 6.09. The predicted molar refractivity (Wildman–Crippen MR) is 65.1 cm³/mol. The summed E-state index contributed by atoms with van der Waals surface area (Å²) in [5.41, 5.74) is 1.54. The molecule has 2 rings (SSSR count). The molecule has 1 aromatic carbocycles. The average molecular weight is 203 g/mol. The van der Waals surface area contributed by atoms with Crippen molar-refractivity contribution >= 4 is 0 Å². The van der Waals surface area contributed by atoms with Crippen LogP contribution in [0, 0.1) is 5.92 Å². The molecule has 1 fully saturated rings. The summed E-state index contributed by atoms with van der Waals surface area (Å²) in [6.07, 6.45) is 5.52. The third-order valence-electron chi connectivity index (χ3n) is 3.61. The van der Waals surface area contributed by atoms with E-state index in [-0.39, 0.29) is 0 Å². The van der Waals surface area contributed by atoms with Crippen LogP contribution < -0.4 is 5.32 Å². The Kier molecular flexibility index (Phi) is 3.79. The number of nitrogens with one attached hydrogen (secondary N) is 1.